The molecular weight excluding hydrogens is 617 g/mol. The molecule has 50 heavy (non-hydrogen) atoms. The highest BCUT2D eigenvalue weighted by Gasteiger charge is 2.30. The van der Waals surface area contributed by atoms with E-state index in [9.17, 15) is 0 Å². The molecule has 0 unspecified atom stereocenters. The van der Waals surface area contributed by atoms with Gasteiger partial charge in [0.15, 0.2) is 0 Å². The van der Waals surface area contributed by atoms with Crippen molar-refractivity contribution in [1.29, 1.82) is 0 Å². The molecule has 6 aliphatic rings. The first-order valence-electron chi connectivity index (χ1n) is 18.4. The van der Waals surface area contributed by atoms with Gasteiger partial charge in [0.05, 0.1) is 0 Å². The maximum Gasteiger partial charge on any atom is 0.230 e. The van der Waals surface area contributed by atoms with Gasteiger partial charge in [-0.1, -0.05) is 132 Å². The first-order valence-corrected chi connectivity index (χ1v) is 18.4. The molecule has 12 bridgehead atoms. The Labute approximate surface area is 300 Å². The van der Waals surface area contributed by atoms with Crippen LogP contribution in [0.2, 0.25) is 0 Å². The second-order valence-corrected chi connectivity index (χ2v) is 19.0. The summed E-state index contributed by atoms with van der Waals surface area (Å²) in [7, 11) is 0. The van der Waals surface area contributed by atoms with Gasteiger partial charge in [-0.15, -0.1) is 0 Å². The zero-order valence-corrected chi connectivity index (χ0v) is 32.5. The lowest BCUT2D eigenvalue weighted by molar-refractivity contribution is 0.111. The summed E-state index contributed by atoms with van der Waals surface area (Å²) in [6.07, 6.45) is 2.81. The minimum absolute atomic E-state index is 0.0406. The van der Waals surface area contributed by atoms with E-state index in [0.717, 1.165) is 58.1 Å². The van der Waals surface area contributed by atoms with Gasteiger partial charge in [-0.2, -0.15) is 0 Å². The van der Waals surface area contributed by atoms with Crippen molar-refractivity contribution in [3.05, 3.63) is 115 Å². The van der Waals surface area contributed by atoms with Crippen LogP contribution in [0.3, 0.4) is 0 Å². The van der Waals surface area contributed by atoms with Crippen LogP contribution in [0.4, 0.5) is 0 Å². The summed E-state index contributed by atoms with van der Waals surface area (Å²) in [4.78, 5) is 0. The van der Waals surface area contributed by atoms with Crippen LogP contribution in [0.5, 0.6) is 23.0 Å². The molecule has 264 valence electrons. The van der Waals surface area contributed by atoms with E-state index in [1.54, 1.807) is 0 Å². The maximum absolute atomic E-state index is 6.69. The highest BCUT2D eigenvalue weighted by molar-refractivity contribution is 5.60. The molecule has 5 aliphatic heterocycles. The molecule has 0 radical (unpaired) electrons. The molecule has 0 saturated carbocycles. The molecule has 4 aromatic carbocycles. The monoisotopic (exact) mass is 672 g/mol. The zero-order chi connectivity index (χ0) is 36.0. The second kappa shape index (κ2) is 11.8. The van der Waals surface area contributed by atoms with Crippen molar-refractivity contribution < 1.29 is 18.9 Å². The van der Waals surface area contributed by atoms with Crippen LogP contribution < -0.4 is 18.9 Å². The molecule has 4 heteroatoms. The molecule has 0 spiro atoms. The van der Waals surface area contributed by atoms with Crippen LogP contribution >= 0.6 is 0 Å². The Kier molecular flexibility index (Phi) is 8.16. The Balaban J connectivity index is 1.59. The average molecular weight is 673 g/mol. The Morgan fingerprint density at radius 2 is 0.460 bits per heavy atom. The molecule has 10 rings (SSSR count). The van der Waals surface area contributed by atoms with Gasteiger partial charge in [-0.05, 0) is 88.4 Å². The van der Waals surface area contributed by atoms with Crippen LogP contribution in [0.1, 0.15) is 150 Å². The number of ether oxygens (including phenoxy) is 4. The van der Waals surface area contributed by atoms with Crippen LogP contribution in [0.15, 0.2) is 48.5 Å². The van der Waals surface area contributed by atoms with Gasteiger partial charge < -0.3 is 18.9 Å². The molecule has 4 nitrogen and oxygen atoms in total. The third kappa shape index (κ3) is 6.51. The predicted molar refractivity (Wildman–Crippen MR) is 204 cm³/mol. The SMILES string of the molecule is CC(C)(C)c1cc2c3c(c1)Cc1cc(C(C)(C)C)cc4c1OCOc1c(cc(C(C)(C)C)cc1Cc1cc(C(C)(C)C)cc(c1OCO3)C2)C4. The van der Waals surface area contributed by atoms with Crippen molar-refractivity contribution in [3.63, 3.8) is 0 Å². The van der Waals surface area contributed by atoms with E-state index in [0.29, 0.717) is 12.8 Å². The lowest BCUT2D eigenvalue weighted by atomic mass is 9.79. The molecule has 0 N–H and O–H groups in total. The fraction of sp³-hybridized carbons (Fsp3) is 0.478. The number of rotatable bonds is 0. The van der Waals surface area contributed by atoms with Crippen molar-refractivity contribution in [2.75, 3.05) is 13.6 Å². The molecule has 0 fully saturated rings. The van der Waals surface area contributed by atoms with Crippen molar-refractivity contribution >= 4 is 0 Å². The number of hydrogen-bond acceptors (Lipinski definition) is 4. The summed E-state index contributed by atoms with van der Waals surface area (Å²) < 4.78 is 26.7. The van der Waals surface area contributed by atoms with E-state index in [-0.39, 0.29) is 35.2 Å². The van der Waals surface area contributed by atoms with Crippen molar-refractivity contribution in [3.8, 4) is 23.0 Å². The topological polar surface area (TPSA) is 36.9 Å². The molecule has 0 atom stereocenters. The molecule has 0 aromatic heterocycles. The summed E-state index contributed by atoms with van der Waals surface area (Å²) in [6.45, 7) is 27.9. The first-order chi connectivity index (χ1) is 23.3. The normalized spacial score (nSPS) is 15.8. The summed E-state index contributed by atoms with van der Waals surface area (Å²) in [5.41, 5.74) is 14.6. The lowest BCUT2D eigenvalue weighted by Gasteiger charge is -2.31. The van der Waals surface area contributed by atoms with Crippen molar-refractivity contribution in [1.82, 2.24) is 0 Å². The van der Waals surface area contributed by atoms with E-state index in [2.05, 4.69) is 132 Å². The quantitative estimate of drug-likeness (QED) is 0.164. The van der Waals surface area contributed by atoms with Gasteiger partial charge in [0.25, 0.3) is 0 Å². The number of benzene rings is 4. The standard InChI is InChI=1S/C46H56O4/c1-43(2,3)35-17-27-13-28-18-36(44(4,5)6)23-33-16-34-24-38(46(10,11)12)20-30-14-29-19-37(45(7,8)9)22-32(41(29)49-26-50-42(30)34)15-31(21-35)39(27)47-25-48-40(28)33/h17-24H,13-16,25-26H2,1-12H3. The van der Waals surface area contributed by atoms with Crippen LogP contribution in [-0.4, -0.2) is 13.6 Å². The Morgan fingerprint density at radius 3 is 0.600 bits per heavy atom. The van der Waals surface area contributed by atoms with Crippen LogP contribution in [0, 0.1) is 0 Å². The van der Waals surface area contributed by atoms with Gasteiger partial charge in [0.2, 0.25) is 13.6 Å². The lowest BCUT2D eigenvalue weighted by Crippen LogP contribution is -2.21. The fourth-order valence-corrected chi connectivity index (χ4v) is 7.66. The largest absolute Gasteiger partial charge is 0.457 e. The van der Waals surface area contributed by atoms with E-state index in [4.69, 9.17) is 18.9 Å². The Bertz CT molecular complexity index is 1700. The number of hydrogen-bond donors (Lipinski definition) is 0. The van der Waals surface area contributed by atoms with Gasteiger partial charge in [-0.25, -0.2) is 0 Å². The third-order valence-corrected chi connectivity index (χ3v) is 10.8. The minimum atomic E-state index is -0.0406. The fourth-order valence-electron chi connectivity index (χ4n) is 7.66. The molecule has 1 aliphatic carbocycles. The Morgan fingerprint density at radius 1 is 0.300 bits per heavy atom. The molecule has 0 amide bonds. The minimum Gasteiger partial charge on any atom is -0.457 e. The van der Waals surface area contributed by atoms with Gasteiger partial charge in [0, 0.05) is 25.7 Å². The van der Waals surface area contributed by atoms with Gasteiger partial charge in [0.1, 0.15) is 23.0 Å². The smallest absolute Gasteiger partial charge is 0.230 e. The van der Waals surface area contributed by atoms with E-state index in [1.165, 1.54) is 44.5 Å². The van der Waals surface area contributed by atoms with Gasteiger partial charge in [-0.3, -0.25) is 0 Å². The zero-order valence-electron chi connectivity index (χ0n) is 32.5. The highest BCUT2D eigenvalue weighted by Crippen LogP contribution is 2.45. The summed E-state index contributed by atoms with van der Waals surface area (Å²) in [6, 6.07) is 18.9. The second-order valence-electron chi connectivity index (χ2n) is 19.0. The average Bonchev–Trinajstić information content (AvgIpc) is 2.95. The summed E-state index contributed by atoms with van der Waals surface area (Å²) in [5, 5.41) is 0. The first kappa shape index (κ1) is 34.5. The van der Waals surface area contributed by atoms with E-state index >= 15 is 0 Å². The predicted octanol–water partition coefficient (Wildman–Crippen LogP) is 11.0. The van der Waals surface area contributed by atoms with Crippen molar-refractivity contribution in [2.24, 2.45) is 0 Å². The Hall–Kier alpha value is -3.92. The van der Waals surface area contributed by atoms with Crippen LogP contribution in [-0.2, 0) is 47.3 Å². The maximum atomic E-state index is 6.69. The van der Waals surface area contributed by atoms with E-state index < -0.39 is 0 Å². The highest BCUT2D eigenvalue weighted by atomic mass is 16.7. The molecule has 5 heterocycles. The molecule has 4 aromatic rings. The molecular formula is C46H56O4. The summed E-state index contributed by atoms with van der Waals surface area (Å²) in [5.74, 6) is 3.71. The van der Waals surface area contributed by atoms with E-state index in [1.807, 2.05) is 0 Å². The van der Waals surface area contributed by atoms with Crippen molar-refractivity contribution in [2.45, 2.75) is 130 Å². The van der Waals surface area contributed by atoms with Gasteiger partial charge >= 0.3 is 0 Å². The molecule has 0 saturated heterocycles. The van der Waals surface area contributed by atoms with Crippen LogP contribution in [0.25, 0.3) is 0 Å². The summed E-state index contributed by atoms with van der Waals surface area (Å²) >= 11 is 0. The third-order valence-electron chi connectivity index (χ3n) is 10.8.